The van der Waals surface area contributed by atoms with E-state index in [-0.39, 0.29) is 18.5 Å². The third-order valence-electron chi connectivity index (χ3n) is 3.21. The predicted octanol–water partition coefficient (Wildman–Crippen LogP) is 1.23. The maximum Gasteiger partial charge on any atom is 0.317 e. The Morgan fingerprint density at radius 1 is 1.53 bits per heavy atom. The van der Waals surface area contributed by atoms with E-state index in [4.69, 9.17) is 5.11 Å². The molecular formula is C13H17N3O3. The van der Waals surface area contributed by atoms with Gasteiger partial charge in [0.05, 0.1) is 6.42 Å². The number of hydrogen-bond donors (Lipinski definition) is 2. The van der Waals surface area contributed by atoms with Gasteiger partial charge in [-0.1, -0.05) is 6.07 Å². The van der Waals surface area contributed by atoms with Gasteiger partial charge < -0.3 is 15.3 Å². The van der Waals surface area contributed by atoms with Crippen LogP contribution in [0.25, 0.3) is 0 Å². The number of pyridine rings is 1. The fourth-order valence-electron chi connectivity index (χ4n) is 2.30. The van der Waals surface area contributed by atoms with E-state index in [1.54, 1.807) is 17.3 Å². The summed E-state index contributed by atoms with van der Waals surface area (Å²) in [4.78, 5) is 28.3. The van der Waals surface area contributed by atoms with Crippen LogP contribution in [0.4, 0.5) is 4.79 Å². The Hall–Kier alpha value is -2.11. The summed E-state index contributed by atoms with van der Waals surface area (Å²) in [6.07, 6.45) is 5.00. The van der Waals surface area contributed by atoms with Crippen LogP contribution in [0.1, 0.15) is 24.8 Å². The zero-order valence-corrected chi connectivity index (χ0v) is 10.6. The molecule has 0 radical (unpaired) electrons. The van der Waals surface area contributed by atoms with Gasteiger partial charge in [-0.05, 0) is 24.5 Å². The van der Waals surface area contributed by atoms with Crippen molar-refractivity contribution in [1.82, 2.24) is 15.2 Å². The van der Waals surface area contributed by atoms with Gasteiger partial charge in [-0.3, -0.25) is 9.78 Å². The number of rotatable bonds is 4. The highest BCUT2D eigenvalue weighted by Gasteiger charge is 2.30. The number of hydrogen-bond acceptors (Lipinski definition) is 3. The first-order valence-electron chi connectivity index (χ1n) is 6.32. The number of likely N-dealkylation sites (tertiary alicyclic amines) is 1. The van der Waals surface area contributed by atoms with E-state index in [2.05, 4.69) is 10.3 Å². The highest BCUT2D eigenvalue weighted by Crippen LogP contribution is 2.20. The number of carbonyl (C=O) groups excluding carboxylic acids is 1. The SMILES string of the molecule is O=C(O)CC1CCCN1C(=O)NCc1cccnc1. The van der Waals surface area contributed by atoms with Crippen molar-refractivity contribution in [1.29, 1.82) is 0 Å². The quantitative estimate of drug-likeness (QED) is 0.856. The van der Waals surface area contributed by atoms with Crippen LogP contribution < -0.4 is 5.32 Å². The normalized spacial score (nSPS) is 18.3. The lowest BCUT2D eigenvalue weighted by molar-refractivity contribution is -0.137. The molecule has 1 atom stereocenters. The summed E-state index contributed by atoms with van der Waals surface area (Å²) in [7, 11) is 0. The van der Waals surface area contributed by atoms with Gasteiger partial charge in [-0.2, -0.15) is 0 Å². The third-order valence-corrected chi connectivity index (χ3v) is 3.21. The lowest BCUT2D eigenvalue weighted by Gasteiger charge is -2.23. The van der Waals surface area contributed by atoms with Gasteiger partial charge in [0.15, 0.2) is 0 Å². The molecule has 2 rings (SSSR count). The molecule has 6 heteroatoms. The van der Waals surface area contributed by atoms with Crippen molar-refractivity contribution in [3.8, 4) is 0 Å². The number of carboxylic acids is 1. The van der Waals surface area contributed by atoms with Crippen LogP contribution in [-0.2, 0) is 11.3 Å². The van der Waals surface area contributed by atoms with Crippen LogP contribution in [0.15, 0.2) is 24.5 Å². The number of nitrogens with one attached hydrogen (secondary N) is 1. The number of carbonyl (C=O) groups is 2. The molecule has 1 saturated heterocycles. The first-order chi connectivity index (χ1) is 9.16. The molecule has 102 valence electrons. The summed E-state index contributed by atoms with van der Waals surface area (Å²) in [5.41, 5.74) is 0.921. The molecule has 19 heavy (non-hydrogen) atoms. The molecule has 1 aromatic rings. The van der Waals surface area contributed by atoms with Gasteiger partial charge in [0.2, 0.25) is 0 Å². The van der Waals surface area contributed by atoms with E-state index >= 15 is 0 Å². The molecule has 2 N–H and O–H groups in total. The summed E-state index contributed by atoms with van der Waals surface area (Å²) in [5, 5.41) is 11.6. The van der Waals surface area contributed by atoms with Gasteiger partial charge in [0.1, 0.15) is 0 Å². The highest BCUT2D eigenvalue weighted by atomic mass is 16.4. The number of aliphatic carboxylic acids is 1. The van der Waals surface area contributed by atoms with Gasteiger partial charge >= 0.3 is 12.0 Å². The lowest BCUT2D eigenvalue weighted by Crippen LogP contribution is -2.43. The van der Waals surface area contributed by atoms with Gasteiger partial charge in [-0.15, -0.1) is 0 Å². The number of aromatic nitrogens is 1. The van der Waals surface area contributed by atoms with Crippen LogP contribution in [0.3, 0.4) is 0 Å². The van der Waals surface area contributed by atoms with E-state index in [1.807, 2.05) is 12.1 Å². The molecule has 2 heterocycles. The first kappa shape index (κ1) is 13.3. The zero-order valence-electron chi connectivity index (χ0n) is 10.6. The van der Waals surface area contributed by atoms with E-state index in [0.29, 0.717) is 13.1 Å². The minimum atomic E-state index is -0.864. The molecule has 1 fully saturated rings. The van der Waals surface area contributed by atoms with Crippen LogP contribution in [0.5, 0.6) is 0 Å². The number of carboxylic acid groups (broad SMARTS) is 1. The molecule has 0 aliphatic carbocycles. The van der Waals surface area contributed by atoms with Crippen LogP contribution in [0, 0.1) is 0 Å². The van der Waals surface area contributed by atoms with Crippen molar-refractivity contribution in [2.75, 3.05) is 6.54 Å². The Morgan fingerprint density at radius 2 is 2.37 bits per heavy atom. The van der Waals surface area contributed by atoms with Gasteiger partial charge in [0.25, 0.3) is 0 Å². The average Bonchev–Trinajstić information content (AvgIpc) is 2.84. The second-order valence-corrected chi connectivity index (χ2v) is 4.61. The predicted molar refractivity (Wildman–Crippen MR) is 68.5 cm³/mol. The molecular weight excluding hydrogens is 246 g/mol. The Bertz CT molecular complexity index is 450. The summed E-state index contributed by atoms with van der Waals surface area (Å²) in [6, 6.07) is 3.30. The van der Waals surface area contributed by atoms with E-state index in [9.17, 15) is 9.59 Å². The summed E-state index contributed by atoms with van der Waals surface area (Å²) < 4.78 is 0. The van der Waals surface area contributed by atoms with Crippen molar-refractivity contribution in [3.05, 3.63) is 30.1 Å². The smallest absolute Gasteiger partial charge is 0.317 e. The maximum absolute atomic E-state index is 12.0. The zero-order chi connectivity index (χ0) is 13.7. The van der Waals surface area contributed by atoms with Crippen LogP contribution in [-0.4, -0.2) is 39.6 Å². The van der Waals surface area contributed by atoms with Crippen molar-refractivity contribution in [2.24, 2.45) is 0 Å². The molecule has 1 aliphatic heterocycles. The molecule has 1 aromatic heterocycles. The number of amides is 2. The van der Waals surface area contributed by atoms with Gasteiger partial charge in [0, 0.05) is 31.5 Å². The number of nitrogens with zero attached hydrogens (tertiary/aromatic N) is 2. The van der Waals surface area contributed by atoms with E-state index in [0.717, 1.165) is 18.4 Å². The molecule has 0 bridgehead atoms. The molecule has 6 nitrogen and oxygen atoms in total. The molecule has 1 aliphatic rings. The summed E-state index contributed by atoms with van der Waals surface area (Å²) >= 11 is 0. The molecule has 0 saturated carbocycles. The second-order valence-electron chi connectivity index (χ2n) is 4.61. The lowest BCUT2D eigenvalue weighted by atomic mass is 10.1. The Morgan fingerprint density at radius 3 is 3.05 bits per heavy atom. The Balaban J connectivity index is 1.87. The van der Waals surface area contributed by atoms with Crippen molar-refractivity contribution < 1.29 is 14.7 Å². The third kappa shape index (κ3) is 3.67. The largest absolute Gasteiger partial charge is 0.481 e. The minimum absolute atomic E-state index is 0.0142. The monoisotopic (exact) mass is 263 g/mol. The fourth-order valence-corrected chi connectivity index (χ4v) is 2.30. The molecule has 0 aromatic carbocycles. The minimum Gasteiger partial charge on any atom is -0.481 e. The highest BCUT2D eigenvalue weighted by molar-refractivity contribution is 5.76. The molecule has 0 spiro atoms. The first-order valence-corrected chi connectivity index (χ1v) is 6.32. The molecule has 1 unspecified atom stereocenters. The summed E-state index contributed by atoms with van der Waals surface area (Å²) in [6.45, 7) is 1.03. The van der Waals surface area contributed by atoms with Crippen LogP contribution >= 0.6 is 0 Å². The second kappa shape index (κ2) is 6.17. The average molecular weight is 263 g/mol. The topological polar surface area (TPSA) is 82.5 Å². The fraction of sp³-hybridized carbons (Fsp3) is 0.462. The van der Waals surface area contributed by atoms with Gasteiger partial charge in [-0.25, -0.2) is 4.79 Å². The van der Waals surface area contributed by atoms with Crippen molar-refractivity contribution in [2.45, 2.75) is 31.8 Å². The Labute approximate surface area is 111 Å². The molecule has 2 amide bonds. The van der Waals surface area contributed by atoms with Crippen LogP contribution in [0.2, 0.25) is 0 Å². The number of urea groups is 1. The van der Waals surface area contributed by atoms with E-state index < -0.39 is 5.97 Å². The van der Waals surface area contributed by atoms with E-state index in [1.165, 1.54) is 0 Å². The summed E-state index contributed by atoms with van der Waals surface area (Å²) in [5.74, 6) is -0.864. The Kier molecular flexibility index (Phi) is 4.33. The van der Waals surface area contributed by atoms with Crippen molar-refractivity contribution in [3.63, 3.8) is 0 Å². The van der Waals surface area contributed by atoms with Crippen molar-refractivity contribution >= 4 is 12.0 Å². The maximum atomic E-state index is 12.0. The standard InChI is InChI=1S/C13H17N3O3/c17-12(18)7-11-4-2-6-16(11)13(19)15-9-10-3-1-5-14-8-10/h1,3,5,8,11H,2,4,6-7,9H2,(H,15,19)(H,17,18).